The number of nitrogens with zero attached hydrogens (tertiary/aromatic N) is 3. The minimum atomic E-state index is -0.905. The third-order valence-electron chi connectivity index (χ3n) is 5.97. The summed E-state index contributed by atoms with van der Waals surface area (Å²) in [6.45, 7) is 1.96. The minimum Gasteiger partial charge on any atom is -0.505 e. The van der Waals surface area contributed by atoms with Crippen molar-refractivity contribution in [1.29, 1.82) is 0 Å². The molecule has 0 aliphatic heterocycles. The molecule has 0 amide bonds. The number of rotatable bonds is 7. The van der Waals surface area contributed by atoms with Crippen LogP contribution >= 0.6 is 0 Å². The molecule has 3 aromatic rings. The number of fused-ring (bicyclic) bond motifs is 1. The van der Waals surface area contributed by atoms with E-state index in [1.54, 1.807) is 13.0 Å². The van der Waals surface area contributed by atoms with Crippen LogP contribution in [0.15, 0.2) is 57.5 Å². The zero-order valence-electron chi connectivity index (χ0n) is 17.9. The molecule has 32 heavy (non-hydrogen) atoms. The number of hydrogen-bond donors (Lipinski definition) is 3. The monoisotopic (exact) mass is 434 g/mol. The lowest BCUT2D eigenvalue weighted by atomic mass is 9.80. The van der Waals surface area contributed by atoms with Crippen molar-refractivity contribution in [2.75, 3.05) is 0 Å². The Morgan fingerprint density at radius 3 is 2.72 bits per heavy atom. The van der Waals surface area contributed by atoms with Gasteiger partial charge < -0.3 is 10.2 Å². The molecular weight excluding hydrogens is 408 g/mol. The molecule has 0 spiro atoms. The van der Waals surface area contributed by atoms with Gasteiger partial charge in [0.25, 0.3) is 5.56 Å². The van der Waals surface area contributed by atoms with Crippen molar-refractivity contribution in [2.24, 2.45) is 10.2 Å². The van der Waals surface area contributed by atoms with Crippen LogP contribution in [0.1, 0.15) is 47.6 Å². The van der Waals surface area contributed by atoms with Crippen molar-refractivity contribution in [3.63, 3.8) is 0 Å². The maximum atomic E-state index is 12.6. The first-order valence-corrected chi connectivity index (χ1v) is 10.8. The maximum absolute atomic E-state index is 12.6. The van der Waals surface area contributed by atoms with E-state index in [9.17, 15) is 14.7 Å². The number of carboxylic acid groups (broad SMARTS) is 1. The molecule has 2 aromatic carbocycles. The van der Waals surface area contributed by atoms with Gasteiger partial charge >= 0.3 is 5.97 Å². The van der Waals surface area contributed by atoms with Gasteiger partial charge in [-0.15, -0.1) is 10.2 Å². The number of azo groups is 1. The van der Waals surface area contributed by atoms with Crippen molar-refractivity contribution < 1.29 is 15.0 Å². The molecule has 3 N–H and O–H groups in total. The van der Waals surface area contributed by atoms with Crippen LogP contribution in [-0.4, -0.2) is 26.0 Å². The highest BCUT2D eigenvalue weighted by atomic mass is 16.4. The lowest BCUT2D eigenvalue weighted by Gasteiger charge is -2.25. The van der Waals surface area contributed by atoms with Crippen LogP contribution in [-0.2, 0) is 24.2 Å². The van der Waals surface area contributed by atoms with E-state index in [1.807, 2.05) is 18.2 Å². The van der Waals surface area contributed by atoms with Gasteiger partial charge in [-0.3, -0.25) is 19.4 Å². The quantitative estimate of drug-likeness (QED) is 0.465. The fraction of sp³-hybridized carbons (Fsp3) is 0.333. The van der Waals surface area contributed by atoms with Crippen LogP contribution in [0.3, 0.4) is 0 Å². The third-order valence-corrected chi connectivity index (χ3v) is 5.97. The number of aromatic hydroxyl groups is 1. The lowest BCUT2D eigenvalue weighted by Crippen LogP contribution is -2.17. The van der Waals surface area contributed by atoms with Crippen molar-refractivity contribution in [3.05, 3.63) is 75.2 Å². The summed E-state index contributed by atoms with van der Waals surface area (Å²) in [5, 5.41) is 30.8. The molecule has 8 nitrogen and oxygen atoms in total. The van der Waals surface area contributed by atoms with Crippen LogP contribution in [0.25, 0.3) is 0 Å². The average molecular weight is 434 g/mol. The number of carboxylic acids is 1. The Morgan fingerprint density at radius 1 is 1.16 bits per heavy atom. The Kier molecular flexibility index (Phi) is 6.20. The number of nitrogens with one attached hydrogen (secondary N) is 1. The highest BCUT2D eigenvalue weighted by Crippen LogP contribution is 2.41. The van der Waals surface area contributed by atoms with Gasteiger partial charge in [0.15, 0.2) is 5.69 Å². The molecule has 1 aromatic heterocycles. The highest BCUT2D eigenvalue weighted by molar-refractivity contribution is 5.66. The summed E-state index contributed by atoms with van der Waals surface area (Å²) in [6.07, 6.45) is 3.09. The Morgan fingerprint density at radius 2 is 1.94 bits per heavy atom. The first-order valence-electron chi connectivity index (χ1n) is 10.8. The summed E-state index contributed by atoms with van der Waals surface area (Å²) in [4.78, 5) is 23.3. The van der Waals surface area contributed by atoms with Crippen molar-refractivity contribution in [3.8, 4) is 5.75 Å². The maximum Gasteiger partial charge on any atom is 0.303 e. The van der Waals surface area contributed by atoms with Gasteiger partial charge in [0.2, 0.25) is 0 Å². The predicted octanol–water partition coefficient (Wildman–Crippen LogP) is 4.74. The van der Waals surface area contributed by atoms with Crippen LogP contribution < -0.4 is 5.56 Å². The van der Waals surface area contributed by atoms with E-state index in [0.29, 0.717) is 17.8 Å². The van der Waals surface area contributed by atoms with E-state index in [0.717, 1.165) is 24.8 Å². The molecule has 1 atom stereocenters. The van der Waals surface area contributed by atoms with E-state index in [4.69, 9.17) is 5.11 Å². The summed E-state index contributed by atoms with van der Waals surface area (Å²) in [5.41, 5.74) is 4.15. The van der Waals surface area contributed by atoms with Gasteiger partial charge in [0.05, 0.1) is 5.69 Å². The molecule has 0 radical (unpaired) electrons. The van der Waals surface area contributed by atoms with E-state index in [-0.39, 0.29) is 35.9 Å². The van der Waals surface area contributed by atoms with E-state index in [1.165, 1.54) is 15.8 Å². The van der Waals surface area contributed by atoms with Crippen LogP contribution in [0.2, 0.25) is 0 Å². The molecule has 1 unspecified atom stereocenters. The second-order valence-corrected chi connectivity index (χ2v) is 8.16. The molecule has 8 heteroatoms. The van der Waals surface area contributed by atoms with Crippen LogP contribution in [0.5, 0.6) is 5.75 Å². The zero-order valence-corrected chi connectivity index (χ0v) is 17.9. The van der Waals surface area contributed by atoms with Gasteiger partial charge in [-0.05, 0) is 61.3 Å². The SMILES string of the molecule is Cc1[nH]n(CCCC(=O)O)c(=O)c1N=Nc1cccc(C2CCc3ccccc3C2)c1O. The van der Waals surface area contributed by atoms with E-state index >= 15 is 0 Å². The standard InChI is InChI=1S/C24H26N4O4/c1-15-22(24(32)28(27-15)13-5-10-21(29)30)26-25-20-9-4-8-19(23(20)31)18-12-11-16-6-2-3-7-17(16)14-18/h2-4,6-9,18,27,31H,5,10-14H2,1H3,(H,29,30). The number of aryl methyl sites for hydroxylation is 3. The highest BCUT2D eigenvalue weighted by Gasteiger charge is 2.23. The van der Waals surface area contributed by atoms with E-state index in [2.05, 4.69) is 33.5 Å². The fourth-order valence-corrected chi connectivity index (χ4v) is 4.28. The molecule has 166 valence electrons. The van der Waals surface area contributed by atoms with Crippen molar-refractivity contribution >= 4 is 17.3 Å². The Labute approximate surface area is 185 Å². The van der Waals surface area contributed by atoms with Crippen molar-refractivity contribution in [2.45, 2.75) is 51.5 Å². The van der Waals surface area contributed by atoms with Crippen molar-refractivity contribution in [1.82, 2.24) is 9.78 Å². The fourth-order valence-electron chi connectivity index (χ4n) is 4.28. The summed E-state index contributed by atoms with van der Waals surface area (Å²) < 4.78 is 1.34. The summed E-state index contributed by atoms with van der Waals surface area (Å²) >= 11 is 0. The number of carbonyl (C=O) groups is 1. The topological polar surface area (TPSA) is 120 Å². The minimum absolute atomic E-state index is 0.0202. The second kappa shape index (κ2) is 9.21. The Bertz CT molecular complexity index is 1220. The second-order valence-electron chi connectivity index (χ2n) is 8.16. The zero-order chi connectivity index (χ0) is 22.7. The predicted molar refractivity (Wildman–Crippen MR) is 120 cm³/mol. The number of phenolic OH excluding ortho intramolecular Hbond substituents is 1. The molecule has 1 aliphatic rings. The first-order chi connectivity index (χ1) is 15.4. The summed E-state index contributed by atoms with van der Waals surface area (Å²) in [5.74, 6) is -0.617. The number of benzene rings is 2. The molecule has 0 fully saturated rings. The summed E-state index contributed by atoms with van der Waals surface area (Å²) in [6, 6.07) is 13.8. The summed E-state index contributed by atoms with van der Waals surface area (Å²) in [7, 11) is 0. The van der Waals surface area contributed by atoms with E-state index < -0.39 is 5.97 Å². The molecule has 0 saturated heterocycles. The largest absolute Gasteiger partial charge is 0.505 e. The van der Waals surface area contributed by atoms with Gasteiger partial charge in [0, 0.05) is 13.0 Å². The number of aromatic amines is 1. The number of phenols is 1. The van der Waals surface area contributed by atoms with Gasteiger partial charge in [0.1, 0.15) is 11.4 Å². The number of aliphatic carboxylic acids is 1. The van der Waals surface area contributed by atoms with Gasteiger partial charge in [-0.1, -0.05) is 36.4 Å². The number of H-pyrrole nitrogens is 1. The molecule has 1 aliphatic carbocycles. The molecule has 0 saturated carbocycles. The van der Waals surface area contributed by atoms with Crippen LogP contribution in [0.4, 0.5) is 11.4 Å². The average Bonchev–Trinajstić information content (AvgIpc) is 3.05. The normalized spacial score (nSPS) is 15.7. The number of para-hydroxylation sites is 1. The smallest absolute Gasteiger partial charge is 0.303 e. The molecular formula is C24H26N4O4. The van der Waals surface area contributed by atoms with Gasteiger partial charge in [-0.25, -0.2) is 0 Å². The Hall–Kier alpha value is -3.68. The molecule has 0 bridgehead atoms. The molecule has 4 rings (SSSR count). The number of hydrogen-bond acceptors (Lipinski definition) is 5. The lowest BCUT2D eigenvalue weighted by molar-refractivity contribution is -0.137. The number of aromatic nitrogens is 2. The first kappa shape index (κ1) is 21.5. The Balaban J connectivity index is 1.54. The third kappa shape index (κ3) is 4.49. The molecule has 1 heterocycles. The van der Waals surface area contributed by atoms with Crippen LogP contribution in [0, 0.1) is 6.92 Å². The van der Waals surface area contributed by atoms with Gasteiger partial charge in [-0.2, -0.15) is 0 Å².